The number of hydrogen-bond donors (Lipinski definition) is 0. The van der Waals surface area contributed by atoms with Crippen molar-refractivity contribution in [2.75, 3.05) is 18.0 Å². The van der Waals surface area contributed by atoms with E-state index < -0.39 is 0 Å². The topological polar surface area (TPSA) is 49.1 Å². The van der Waals surface area contributed by atoms with Crippen molar-refractivity contribution in [1.29, 1.82) is 0 Å². The lowest BCUT2D eigenvalue weighted by molar-refractivity contribution is -0.124. The number of anilines is 1. The summed E-state index contributed by atoms with van der Waals surface area (Å²) in [6.07, 6.45) is 10.0. The first-order chi connectivity index (χ1) is 14.8. The molecule has 1 aliphatic carbocycles. The molecule has 0 spiro atoms. The lowest BCUT2D eigenvalue weighted by Gasteiger charge is -2.30. The van der Waals surface area contributed by atoms with Crippen LogP contribution in [0, 0.1) is 0 Å². The molecule has 30 heavy (non-hydrogen) atoms. The molecular weight excluding hydrogens is 394 g/mol. The number of carbonyl (C=O) groups excluding carboxylic acids is 1. The van der Waals surface area contributed by atoms with E-state index in [9.17, 15) is 4.79 Å². The average Bonchev–Trinajstić information content (AvgIpc) is 3.52. The molecular formula is C24H27N3O2S. The molecule has 2 aliphatic heterocycles. The van der Waals surface area contributed by atoms with Gasteiger partial charge in [-0.1, -0.05) is 37.5 Å². The van der Waals surface area contributed by atoms with Gasteiger partial charge in [-0.2, -0.15) is 0 Å². The van der Waals surface area contributed by atoms with E-state index in [0.717, 1.165) is 48.4 Å². The van der Waals surface area contributed by atoms with Gasteiger partial charge >= 0.3 is 0 Å². The van der Waals surface area contributed by atoms with Gasteiger partial charge in [0, 0.05) is 31.3 Å². The van der Waals surface area contributed by atoms with E-state index in [1.54, 1.807) is 0 Å². The lowest BCUT2D eigenvalue weighted by Crippen LogP contribution is -2.40. The summed E-state index contributed by atoms with van der Waals surface area (Å²) in [7, 11) is 0. The molecule has 2 saturated heterocycles. The standard InChI is InChI=1S/C24H27N3O2S/c28-23-21(17-20-13-14-22(29-20)26-15-7-8-16-26)30-24(25-18-9-3-1-4-10-18)27(23)19-11-5-2-6-12-19/h1,3-4,9-10,13-14,17,19H,2,5-8,11-12,15-16H2/b21-17-,25-24?. The van der Waals surface area contributed by atoms with Crippen molar-refractivity contribution < 1.29 is 9.21 Å². The molecule has 0 N–H and O–H groups in total. The molecule has 0 unspecified atom stereocenters. The van der Waals surface area contributed by atoms with Gasteiger partial charge in [-0.25, -0.2) is 4.99 Å². The van der Waals surface area contributed by atoms with Gasteiger partial charge in [-0.3, -0.25) is 9.69 Å². The fourth-order valence-corrected chi connectivity index (χ4v) is 5.53. The molecule has 1 saturated carbocycles. The maximum Gasteiger partial charge on any atom is 0.267 e. The third-order valence-corrected chi connectivity index (χ3v) is 7.04. The van der Waals surface area contributed by atoms with Crippen LogP contribution in [0.1, 0.15) is 50.7 Å². The quantitative estimate of drug-likeness (QED) is 0.584. The second kappa shape index (κ2) is 8.72. The zero-order valence-electron chi connectivity index (χ0n) is 17.1. The number of aliphatic imine (C=N–C) groups is 1. The van der Waals surface area contributed by atoms with Crippen molar-refractivity contribution in [2.45, 2.75) is 51.0 Å². The Morgan fingerprint density at radius 1 is 0.967 bits per heavy atom. The van der Waals surface area contributed by atoms with Crippen molar-refractivity contribution in [3.8, 4) is 0 Å². The second-order valence-corrected chi connectivity index (χ2v) is 9.19. The molecule has 5 rings (SSSR count). The van der Waals surface area contributed by atoms with Crippen LogP contribution in [0.25, 0.3) is 6.08 Å². The predicted octanol–water partition coefficient (Wildman–Crippen LogP) is 5.82. The Morgan fingerprint density at radius 2 is 1.73 bits per heavy atom. The van der Waals surface area contributed by atoms with Crippen molar-refractivity contribution in [3.05, 3.63) is 53.1 Å². The first kappa shape index (κ1) is 19.5. The summed E-state index contributed by atoms with van der Waals surface area (Å²) in [6.45, 7) is 2.08. The largest absolute Gasteiger partial charge is 0.441 e. The molecule has 6 heteroatoms. The van der Waals surface area contributed by atoms with Gasteiger partial charge < -0.3 is 9.32 Å². The van der Waals surface area contributed by atoms with Crippen molar-refractivity contribution >= 4 is 40.5 Å². The predicted molar refractivity (Wildman–Crippen MR) is 123 cm³/mol. The molecule has 2 aromatic rings. The summed E-state index contributed by atoms with van der Waals surface area (Å²) in [4.78, 5) is 23.1. The van der Waals surface area contributed by atoms with Crippen LogP contribution in [-0.2, 0) is 4.79 Å². The molecule has 1 aromatic carbocycles. The number of nitrogens with zero attached hydrogens (tertiary/aromatic N) is 3. The van der Waals surface area contributed by atoms with Gasteiger partial charge in [-0.15, -0.1) is 0 Å². The molecule has 0 bridgehead atoms. The Kier molecular flexibility index (Phi) is 5.67. The van der Waals surface area contributed by atoms with E-state index in [-0.39, 0.29) is 11.9 Å². The average molecular weight is 422 g/mol. The number of thioether (sulfide) groups is 1. The normalized spacial score (nSPS) is 23.3. The summed E-state index contributed by atoms with van der Waals surface area (Å²) >= 11 is 1.47. The third kappa shape index (κ3) is 4.06. The second-order valence-electron chi connectivity index (χ2n) is 8.18. The highest BCUT2D eigenvalue weighted by molar-refractivity contribution is 8.18. The molecule has 0 radical (unpaired) electrons. The number of benzene rings is 1. The minimum atomic E-state index is 0.0562. The Hall–Kier alpha value is -2.47. The molecule has 3 aliphatic rings. The molecule has 1 aromatic heterocycles. The summed E-state index contributed by atoms with van der Waals surface area (Å²) in [5.41, 5.74) is 0.879. The SMILES string of the molecule is O=C1/C(=C/c2ccc(N3CCCC3)o2)SC(=Nc2ccccc2)N1C1CCCCC1. The maximum absolute atomic E-state index is 13.4. The zero-order chi connectivity index (χ0) is 20.3. The van der Waals surface area contributed by atoms with Gasteiger partial charge in [0.1, 0.15) is 5.76 Å². The van der Waals surface area contributed by atoms with Gasteiger partial charge in [0.05, 0.1) is 10.6 Å². The fraction of sp³-hybridized carbons (Fsp3) is 0.417. The minimum Gasteiger partial charge on any atom is -0.441 e. The van der Waals surface area contributed by atoms with Crippen molar-refractivity contribution in [2.24, 2.45) is 4.99 Å². The Labute approximate surface area is 181 Å². The smallest absolute Gasteiger partial charge is 0.267 e. The highest BCUT2D eigenvalue weighted by Crippen LogP contribution is 2.39. The molecule has 3 fully saturated rings. The van der Waals surface area contributed by atoms with Crippen LogP contribution >= 0.6 is 11.8 Å². The Balaban J connectivity index is 1.43. The van der Waals surface area contributed by atoms with E-state index in [2.05, 4.69) is 4.90 Å². The number of amidine groups is 1. The molecule has 5 nitrogen and oxygen atoms in total. The number of carbonyl (C=O) groups is 1. The summed E-state index contributed by atoms with van der Waals surface area (Å²) in [5, 5.41) is 0.788. The molecule has 0 atom stereocenters. The summed E-state index contributed by atoms with van der Waals surface area (Å²) in [5.74, 6) is 1.69. The molecule has 1 amide bonds. The number of hydrogen-bond acceptors (Lipinski definition) is 5. The van der Waals surface area contributed by atoms with Crippen LogP contribution in [-0.4, -0.2) is 35.1 Å². The molecule has 3 heterocycles. The van der Waals surface area contributed by atoms with Gasteiger partial charge in [0.25, 0.3) is 5.91 Å². The van der Waals surface area contributed by atoms with Gasteiger partial charge in [0.15, 0.2) is 11.1 Å². The van der Waals surface area contributed by atoms with Crippen molar-refractivity contribution in [3.63, 3.8) is 0 Å². The number of rotatable bonds is 4. The van der Waals surface area contributed by atoms with Crippen molar-refractivity contribution in [1.82, 2.24) is 4.90 Å². The van der Waals surface area contributed by atoms with Crippen LogP contribution in [0.5, 0.6) is 0 Å². The van der Waals surface area contributed by atoms with Gasteiger partial charge in [0.2, 0.25) is 0 Å². The minimum absolute atomic E-state index is 0.0562. The van der Waals surface area contributed by atoms with Crippen LogP contribution in [0.2, 0.25) is 0 Å². The summed E-state index contributed by atoms with van der Waals surface area (Å²) in [6, 6.07) is 14.1. The zero-order valence-corrected chi connectivity index (χ0v) is 17.9. The van der Waals surface area contributed by atoms with Crippen LogP contribution in [0.4, 0.5) is 11.6 Å². The van der Waals surface area contributed by atoms with Crippen LogP contribution in [0.15, 0.2) is 56.8 Å². The van der Waals surface area contributed by atoms with E-state index in [0.29, 0.717) is 4.91 Å². The summed E-state index contributed by atoms with van der Waals surface area (Å²) < 4.78 is 6.04. The van der Waals surface area contributed by atoms with E-state index in [4.69, 9.17) is 9.41 Å². The fourth-order valence-electron chi connectivity index (χ4n) is 4.50. The third-order valence-electron chi connectivity index (χ3n) is 6.06. The van der Waals surface area contributed by atoms with E-state index >= 15 is 0 Å². The highest BCUT2D eigenvalue weighted by Gasteiger charge is 2.38. The number of para-hydroxylation sites is 1. The highest BCUT2D eigenvalue weighted by atomic mass is 32.2. The first-order valence-corrected chi connectivity index (χ1v) is 11.8. The maximum atomic E-state index is 13.4. The number of furan rings is 1. The lowest BCUT2D eigenvalue weighted by atomic mass is 9.94. The monoisotopic (exact) mass is 421 g/mol. The first-order valence-electron chi connectivity index (χ1n) is 11.0. The molecule has 156 valence electrons. The van der Waals surface area contributed by atoms with Crippen LogP contribution < -0.4 is 4.90 Å². The van der Waals surface area contributed by atoms with E-state index in [1.807, 2.05) is 53.4 Å². The Morgan fingerprint density at radius 3 is 2.50 bits per heavy atom. The van der Waals surface area contributed by atoms with E-state index in [1.165, 1.54) is 43.9 Å². The number of amides is 1. The van der Waals surface area contributed by atoms with Crippen LogP contribution in [0.3, 0.4) is 0 Å². The van der Waals surface area contributed by atoms with Gasteiger partial charge in [-0.05, 0) is 55.6 Å². The Bertz CT molecular complexity index is 954.